The smallest absolute Gasteiger partial charge is 0.254 e. The van der Waals surface area contributed by atoms with Crippen LogP contribution in [-0.2, 0) is 4.74 Å². The van der Waals surface area contributed by atoms with Gasteiger partial charge < -0.3 is 14.4 Å². The summed E-state index contributed by atoms with van der Waals surface area (Å²) < 4.78 is 23.6. The van der Waals surface area contributed by atoms with E-state index in [1.165, 1.54) is 25.3 Å². The fraction of sp³-hybridized carbons (Fsp3) is 0.533. The highest BCUT2D eigenvalue weighted by atomic mass is 19.1. The molecule has 0 spiro atoms. The number of hydrogen-bond acceptors (Lipinski definition) is 4. The van der Waals surface area contributed by atoms with E-state index in [2.05, 4.69) is 4.90 Å². The van der Waals surface area contributed by atoms with E-state index in [-0.39, 0.29) is 11.7 Å². The van der Waals surface area contributed by atoms with Gasteiger partial charge in [0.15, 0.2) is 11.6 Å². The number of nitrogens with zero attached hydrogens (tertiary/aromatic N) is 2. The average molecular weight is 294 g/mol. The Balaban J connectivity index is 1.60. The summed E-state index contributed by atoms with van der Waals surface area (Å²) in [4.78, 5) is 16.5. The number of benzene rings is 1. The van der Waals surface area contributed by atoms with Crippen LogP contribution >= 0.6 is 0 Å². The van der Waals surface area contributed by atoms with Crippen LogP contribution in [0.25, 0.3) is 0 Å². The molecule has 114 valence electrons. The minimum atomic E-state index is -0.455. The van der Waals surface area contributed by atoms with E-state index in [1.54, 1.807) is 4.90 Å². The maximum Gasteiger partial charge on any atom is 0.254 e. The van der Waals surface area contributed by atoms with Crippen LogP contribution in [0.1, 0.15) is 10.4 Å². The first-order valence-corrected chi connectivity index (χ1v) is 7.13. The molecule has 0 aliphatic carbocycles. The van der Waals surface area contributed by atoms with Crippen molar-refractivity contribution in [1.82, 2.24) is 9.80 Å². The lowest BCUT2D eigenvalue weighted by Gasteiger charge is -2.46. The van der Waals surface area contributed by atoms with Gasteiger partial charge in [0, 0.05) is 37.8 Å². The molecule has 1 aromatic carbocycles. The Morgan fingerprint density at radius 1 is 1.33 bits per heavy atom. The van der Waals surface area contributed by atoms with Gasteiger partial charge in [-0.05, 0) is 18.2 Å². The van der Waals surface area contributed by atoms with Crippen molar-refractivity contribution in [3.63, 3.8) is 0 Å². The largest absolute Gasteiger partial charge is 0.494 e. The van der Waals surface area contributed by atoms with Gasteiger partial charge in [0.1, 0.15) is 0 Å². The van der Waals surface area contributed by atoms with Gasteiger partial charge in [-0.25, -0.2) is 4.39 Å². The van der Waals surface area contributed by atoms with Gasteiger partial charge in [-0.15, -0.1) is 0 Å². The second-order valence-corrected chi connectivity index (χ2v) is 5.36. The van der Waals surface area contributed by atoms with Crippen molar-refractivity contribution < 1.29 is 18.7 Å². The first-order chi connectivity index (χ1) is 10.2. The van der Waals surface area contributed by atoms with Crippen LogP contribution in [0.2, 0.25) is 0 Å². The highest BCUT2D eigenvalue weighted by Crippen LogP contribution is 2.23. The molecule has 21 heavy (non-hydrogen) atoms. The summed E-state index contributed by atoms with van der Waals surface area (Å²) in [6.07, 6.45) is 0. The Morgan fingerprint density at radius 2 is 2.05 bits per heavy atom. The van der Waals surface area contributed by atoms with Crippen molar-refractivity contribution in [2.24, 2.45) is 0 Å². The van der Waals surface area contributed by atoms with Crippen LogP contribution in [-0.4, -0.2) is 68.3 Å². The fourth-order valence-corrected chi connectivity index (χ4v) is 2.77. The molecular weight excluding hydrogens is 275 g/mol. The minimum Gasteiger partial charge on any atom is -0.494 e. The number of halogens is 1. The van der Waals surface area contributed by atoms with Crippen LogP contribution in [0, 0.1) is 5.82 Å². The van der Waals surface area contributed by atoms with Gasteiger partial charge in [-0.1, -0.05) is 0 Å². The number of amides is 1. The van der Waals surface area contributed by atoms with Gasteiger partial charge in [0.25, 0.3) is 5.91 Å². The van der Waals surface area contributed by atoms with Crippen molar-refractivity contribution in [2.45, 2.75) is 6.04 Å². The van der Waals surface area contributed by atoms with E-state index in [4.69, 9.17) is 9.47 Å². The molecule has 0 saturated carbocycles. The predicted octanol–water partition coefficient (Wildman–Crippen LogP) is 0.991. The van der Waals surface area contributed by atoms with E-state index >= 15 is 0 Å². The van der Waals surface area contributed by atoms with Gasteiger partial charge in [-0.3, -0.25) is 9.69 Å². The number of carbonyl (C=O) groups is 1. The number of rotatable bonds is 3. The normalized spacial score (nSPS) is 20.2. The third kappa shape index (κ3) is 2.87. The Kier molecular flexibility index (Phi) is 4.07. The molecule has 1 amide bonds. The van der Waals surface area contributed by atoms with Gasteiger partial charge in [0.05, 0.1) is 20.3 Å². The molecule has 5 nitrogen and oxygen atoms in total. The molecule has 0 N–H and O–H groups in total. The zero-order valence-electron chi connectivity index (χ0n) is 12.0. The lowest BCUT2D eigenvalue weighted by molar-refractivity contribution is -0.0256. The molecule has 0 radical (unpaired) electrons. The number of likely N-dealkylation sites (tertiary alicyclic amines) is 1. The van der Waals surface area contributed by atoms with Crippen molar-refractivity contribution in [2.75, 3.05) is 46.5 Å². The summed E-state index contributed by atoms with van der Waals surface area (Å²) in [5, 5.41) is 0. The lowest BCUT2D eigenvalue weighted by atomic mass is 10.0. The van der Waals surface area contributed by atoms with Crippen LogP contribution in [0.5, 0.6) is 5.75 Å². The third-order valence-electron chi connectivity index (χ3n) is 4.11. The fourth-order valence-electron chi connectivity index (χ4n) is 2.77. The second-order valence-electron chi connectivity index (χ2n) is 5.36. The summed E-state index contributed by atoms with van der Waals surface area (Å²) in [5.41, 5.74) is 0.466. The first kappa shape index (κ1) is 14.3. The molecule has 0 unspecified atom stereocenters. The first-order valence-electron chi connectivity index (χ1n) is 7.13. The zero-order chi connectivity index (χ0) is 14.8. The standard InChI is InChI=1S/C15H19FN2O3/c1-20-14-8-11(2-3-13(14)16)15(19)18-9-12(10-18)17-4-6-21-7-5-17/h2-3,8,12H,4-7,9-10H2,1H3. The topological polar surface area (TPSA) is 42.0 Å². The Hall–Kier alpha value is -1.66. The second kappa shape index (κ2) is 5.99. The van der Waals surface area contributed by atoms with Crippen molar-refractivity contribution in [1.29, 1.82) is 0 Å². The van der Waals surface area contributed by atoms with Crippen LogP contribution < -0.4 is 4.74 Å². The van der Waals surface area contributed by atoms with E-state index in [1.807, 2.05) is 0 Å². The van der Waals surface area contributed by atoms with E-state index < -0.39 is 5.82 Å². The molecule has 2 aliphatic heterocycles. The van der Waals surface area contributed by atoms with Gasteiger partial charge in [0.2, 0.25) is 0 Å². The number of ether oxygens (including phenoxy) is 2. The van der Waals surface area contributed by atoms with Crippen molar-refractivity contribution >= 4 is 5.91 Å². The summed E-state index contributed by atoms with van der Waals surface area (Å²) >= 11 is 0. The molecule has 0 bridgehead atoms. The minimum absolute atomic E-state index is 0.0715. The number of morpholine rings is 1. The van der Waals surface area contributed by atoms with E-state index in [0.29, 0.717) is 11.6 Å². The van der Waals surface area contributed by atoms with Crippen LogP contribution in [0.3, 0.4) is 0 Å². The molecule has 6 heteroatoms. The zero-order valence-corrected chi connectivity index (χ0v) is 12.0. The van der Waals surface area contributed by atoms with Crippen LogP contribution in [0.4, 0.5) is 4.39 Å². The van der Waals surface area contributed by atoms with Crippen molar-refractivity contribution in [3.8, 4) is 5.75 Å². The van der Waals surface area contributed by atoms with Gasteiger partial charge in [-0.2, -0.15) is 0 Å². The molecule has 2 heterocycles. The summed E-state index contributed by atoms with van der Waals surface area (Å²) in [7, 11) is 1.39. The van der Waals surface area contributed by atoms with Crippen molar-refractivity contribution in [3.05, 3.63) is 29.6 Å². The lowest BCUT2D eigenvalue weighted by Crippen LogP contribution is -2.62. The maximum absolute atomic E-state index is 13.4. The molecule has 0 aromatic heterocycles. The Bertz CT molecular complexity index is 526. The monoisotopic (exact) mass is 294 g/mol. The summed E-state index contributed by atoms with van der Waals surface area (Å²) in [6.45, 7) is 4.82. The molecule has 2 saturated heterocycles. The SMILES string of the molecule is COc1cc(C(=O)N2CC(N3CCOCC3)C2)ccc1F. The third-order valence-corrected chi connectivity index (χ3v) is 4.11. The number of methoxy groups -OCH3 is 1. The Labute approximate surface area is 123 Å². The molecule has 2 aliphatic rings. The molecular formula is C15H19FN2O3. The number of hydrogen-bond donors (Lipinski definition) is 0. The van der Waals surface area contributed by atoms with E-state index in [0.717, 1.165) is 39.4 Å². The van der Waals surface area contributed by atoms with E-state index in [9.17, 15) is 9.18 Å². The van der Waals surface area contributed by atoms with Crippen LogP contribution in [0.15, 0.2) is 18.2 Å². The predicted molar refractivity (Wildman–Crippen MR) is 75.0 cm³/mol. The Morgan fingerprint density at radius 3 is 2.71 bits per heavy atom. The summed E-state index contributed by atoms with van der Waals surface area (Å²) in [5.74, 6) is -0.423. The number of carbonyl (C=O) groups excluding carboxylic acids is 1. The molecule has 3 rings (SSSR count). The highest BCUT2D eigenvalue weighted by Gasteiger charge is 2.35. The quantitative estimate of drug-likeness (QED) is 0.834. The highest BCUT2D eigenvalue weighted by molar-refractivity contribution is 5.95. The van der Waals surface area contributed by atoms with Gasteiger partial charge >= 0.3 is 0 Å². The molecule has 1 aromatic rings. The summed E-state index contributed by atoms with van der Waals surface area (Å²) in [6, 6.07) is 4.65. The molecule has 2 fully saturated rings. The molecule has 0 atom stereocenters. The maximum atomic E-state index is 13.4. The average Bonchev–Trinajstić information content (AvgIpc) is 2.47.